The van der Waals surface area contributed by atoms with Crippen molar-refractivity contribution in [3.05, 3.63) is 105 Å². The quantitative estimate of drug-likeness (QED) is 0.123. The van der Waals surface area contributed by atoms with Crippen molar-refractivity contribution in [1.82, 2.24) is 25.5 Å². The van der Waals surface area contributed by atoms with E-state index in [-0.39, 0.29) is 24.1 Å². The molecular formula is C35H31Br2N5O2. The number of benzene rings is 4. The van der Waals surface area contributed by atoms with Crippen LogP contribution in [0.3, 0.4) is 0 Å². The van der Waals surface area contributed by atoms with E-state index in [0.717, 1.165) is 41.5 Å². The summed E-state index contributed by atoms with van der Waals surface area (Å²) in [5.41, 5.74) is 3.94. The van der Waals surface area contributed by atoms with Crippen LogP contribution in [0.15, 0.2) is 93.9 Å². The molecule has 0 spiro atoms. The minimum atomic E-state index is -0.329. The number of aromatic nitrogens is 2. The number of fused-ring (bicyclic) bond motifs is 4. The third-order valence-electron chi connectivity index (χ3n) is 8.05. The van der Waals surface area contributed by atoms with Crippen molar-refractivity contribution in [1.29, 1.82) is 0 Å². The third-order valence-corrected chi connectivity index (χ3v) is 9.03. The van der Waals surface area contributed by atoms with E-state index in [0.29, 0.717) is 35.0 Å². The zero-order chi connectivity index (χ0) is 31.0. The summed E-state index contributed by atoms with van der Waals surface area (Å²) < 4.78 is 1.86. The van der Waals surface area contributed by atoms with Crippen molar-refractivity contribution >= 4 is 87.3 Å². The van der Waals surface area contributed by atoms with E-state index < -0.39 is 0 Å². The minimum absolute atomic E-state index is 0.214. The summed E-state index contributed by atoms with van der Waals surface area (Å²) >= 11 is 7.04. The highest BCUT2D eigenvalue weighted by Gasteiger charge is 2.26. The molecule has 0 aliphatic carbocycles. The average molecular weight is 713 g/mol. The van der Waals surface area contributed by atoms with Gasteiger partial charge in [0.15, 0.2) is 0 Å². The largest absolute Gasteiger partial charge is 0.336 e. The number of amides is 2. The number of halogens is 2. The Kier molecular flexibility index (Phi) is 8.62. The molecule has 0 saturated heterocycles. The lowest BCUT2D eigenvalue weighted by Gasteiger charge is -2.35. The van der Waals surface area contributed by atoms with Gasteiger partial charge in [-0.05, 0) is 68.4 Å². The summed E-state index contributed by atoms with van der Waals surface area (Å²) in [5.74, 6) is -0.428. The summed E-state index contributed by atoms with van der Waals surface area (Å²) in [6.07, 6.45) is 0.618. The number of hydrogen-bond donors (Lipinski definition) is 2. The van der Waals surface area contributed by atoms with Gasteiger partial charge in [0, 0.05) is 30.5 Å². The van der Waals surface area contributed by atoms with Crippen molar-refractivity contribution in [3.8, 4) is 0 Å². The fourth-order valence-corrected chi connectivity index (χ4v) is 6.38. The highest BCUT2D eigenvalue weighted by molar-refractivity contribution is 9.10. The van der Waals surface area contributed by atoms with Gasteiger partial charge >= 0.3 is 0 Å². The molecule has 9 heteroatoms. The van der Waals surface area contributed by atoms with Crippen LogP contribution in [0.1, 0.15) is 47.4 Å². The predicted octanol–water partition coefficient (Wildman–Crippen LogP) is 8.18. The number of carbonyl (C=O) groups is 2. The van der Waals surface area contributed by atoms with Crippen LogP contribution in [0, 0.1) is 0 Å². The van der Waals surface area contributed by atoms with Crippen molar-refractivity contribution in [2.24, 2.45) is 0 Å². The third kappa shape index (κ3) is 5.92. The monoisotopic (exact) mass is 711 g/mol. The highest BCUT2D eigenvalue weighted by atomic mass is 79.9. The number of nitrogens with zero attached hydrogens (tertiary/aromatic N) is 3. The van der Waals surface area contributed by atoms with Crippen LogP contribution in [0.5, 0.6) is 0 Å². The van der Waals surface area contributed by atoms with Crippen molar-refractivity contribution in [3.63, 3.8) is 0 Å². The lowest BCUT2D eigenvalue weighted by molar-refractivity contribution is 0.0701. The first-order valence-electron chi connectivity index (χ1n) is 14.6. The maximum Gasteiger partial charge on any atom is 0.254 e. The van der Waals surface area contributed by atoms with Gasteiger partial charge in [0.1, 0.15) is 0 Å². The van der Waals surface area contributed by atoms with E-state index >= 15 is 0 Å². The summed E-state index contributed by atoms with van der Waals surface area (Å²) in [6.45, 7) is 4.03. The van der Waals surface area contributed by atoms with Crippen LogP contribution >= 0.6 is 31.9 Å². The molecule has 0 fully saturated rings. The molecule has 2 unspecified atom stereocenters. The summed E-state index contributed by atoms with van der Waals surface area (Å²) in [7, 11) is 1.92. The molecule has 0 aliphatic heterocycles. The summed E-state index contributed by atoms with van der Waals surface area (Å²) in [4.78, 5) is 39.0. The van der Waals surface area contributed by atoms with Gasteiger partial charge in [-0.1, -0.05) is 82.1 Å². The van der Waals surface area contributed by atoms with Gasteiger partial charge in [0.25, 0.3) is 11.8 Å². The first-order valence-corrected chi connectivity index (χ1v) is 16.2. The number of nitrogens with one attached hydrogen (secondary N) is 2. The minimum Gasteiger partial charge on any atom is -0.336 e. The lowest BCUT2D eigenvalue weighted by Crippen LogP contribution is -2.55. The van der Waals surface area contributed by atoms with Crippen LogP contribution in [-0.2, 0) is 0 Å². The van der Waals surface area contributed by atoms with Crippen molar-refractivity contribution < 1.29 is 9.59 Å². The normalized spacial score (nSPS) is 13.0. The molecule has 222 valence electrons. The second kappa shape index (κ2) is 12.6. The number of para-hydroxylation sites is 2. The molecule has 6 aromatic rings. The number of carbonyl (C=O) groups excluding carboxylic acids is 2. The molecule has 0 radical (unpaired) electrons. The van der Waals surface area contributed by atoms with Gasteiger partial charge in [-0.15, -0.1) is 0 Å². The van der Waals surface area contributed by atoms with E-state index in [2.05, 4.69) is 54.6 Å². The Morgan fingerprint density at radius 2 is 1.09 bits per heavy atom. The SMILES string of the molecule is CCC(NC(=O)c1cccc2cc3ccc(Br)cc3nc12)N(C)C(CC)NC(=O)c1cccc2cc3ccc(Br)cc3nc12. The van der Waals surface area contributed by atoms with Gasteiger partial charge < -0.3 is 10.6 Å². The van der Waals surface area contributed by atoms with Gasteiger partial charge in [-0.3, -0.25) is 14.5 Å². The Hall–Kier alpha value is -3.92. The van der Waals surface area contributed by atoms with Gasteiger partial charge in [-0.25, -0.2) is 9.97 Å². The molecule has 6 rings (SSSR count). The molecule has 44 heavy (non-hydrogen) atoms. The average Bonchev–Trinajstić information content (AvgIpc) is 3.03. The van der Waals surface area contributed by atoms with E-state index in [9.17, 15) is 9.59 Å². The standard InChI is InChI=1S/C35H31Br2N5O2/c1-4-30(40-34(43)26-10-6-8-22-16-20-12-14-24(36)18-28(20)38-32(22)26)42(3)31(5-2)41-35(44)27-11-7-9-23-17-21-13-15-25(37)19-29(21)39-33(23)27/h6-19,30-31H,4-5H2,1-3H3,(H,40,43)(H,41,44). The van der Waals surface area contributed by atoms with E-state index in [1.54, 1.807) is 12.1 Å². The van der Waals surface area contributed by atoms with Crippen LogP contribution < -0.4 is 10.6 Å². The smallest absolute Gasteiger partial charge is 0.254 e. The first kappa shape index (κ1) is 30.1. The van der Waals surface area contributed by atoms with E-state index in [4.69, 9.17) is 9.97 Å². The fraction of sp³-hybridized carbons (Fsp3) is 0.200. The molecule has 4 aromatic carbocycles. The molecule has 0 bridgehead atoms. The molecule has 7 nitrogen and oxygen atoms in total. The maximum absolute atomic E-state index is 13.7. The Morgan fingerprint density at radius 3 is 1.50 bits per heavy atom. The summed E-state index contributed by atoms with van der Waals surface area (Å²) in [5, 5.41) is 10.2. The van der Waals surface area contributed by atoms with Crippen LogP contribution in [0.25, 0.3) is 43.6 Å². The fourth-order valence-electron chi connectivity index (χ4n) is 5.68. The molecule has 0 aliphatic rings. The van der Waals surface area contributed by atoms with Crippen LogP contribution in [0.2, 0.25) is 0 Å². The lowest BCUT2D eigenvalue weighted by atomic mass is 10.1. The molecule has 0 saturated carbocycles. The Bertz CT molecular complexity index is 1920. The maximum atomic E-state index is 13.7. The topological polar surface area (TPSA) is 87.2 Å². The second-order valence-electron chi connectivity index (χ2n) is 10.9. The summed E-state index contributed by atoms with van der Waals surface area (Å²) in [6, 6.07) is 27.3. The van der Waals surface area contributed by atoms with Crippen molar-refractivity contribution in [2.75, 3.05) is 7.05 Å². The predicted molar refractivity (Wildman–Crippen MR) is 185 cm³/mol. The van der Waals surface area contributed by atoms with Crippen molar-refractivity contribution in [2.45, 2.75) is 39.0 Å². The molecule has 2 atom stereocenters. The molecule has 2 N–H and O–H groups in total. The van der Waals surface area contributed by atoms with Gasteiger partial charge in [0.2, 0.25) is 0 Å². The Morgan fingerprint density at radius 1 is 0.659 bits per heavy atom. The number of pyridine rings is 2. The zero-order valence-electron chi connectivity index (χ0n) is 24.6. The second-order valence-corrected chi connectivity index (χ2v) is 12.7. The molecule has 2 aromatic heterocycles. The van der Waals surface area contributed by atoms with E-state index in [1.807, 2.05) is 86.5 Å². The van der Waals surface area contributed by atoms with Crippen LogP contribution in [-0.4, -0.2) is 46.1 Å². The number of hydrogen-bond acceptors (Lipinski definition) is 5. The Labute approximate surface area is 272 Å². The zero-order valence-corrected chi connectivity index (χ0v) is 27.7. The van der Waals surface area contributed by atoms with Gasteiger partial charge in [0.05, 0.1) is 45.5 Å². The highest BCUT2D eigenvalue weighted by Crippen LogP contribution is 2.27. The molecule has 2 amide bonds. The van der Waals surface area contributed by atoms with Gasteiger partial charge in [-0.2, -0.15) is 0 Å². The first-order chi connectivity index (χ1) is 21.2. The Balaban J connectivity index is 1.24. The van der Waals surface area contributed by atoms with E-state index in [1.165, 1.54) is 0 Å². The molecular weight excluding hydrogens is 682 g/mol. The molecule has 2 heterocycles. The van der Waals surface area contributed by atoms with Crippen LogP contribution in [0.4, 0.5) is 0 Å². The number of rotatable bonds is 8.